The Morgan fingerprint density at radius 3 is 2.30 bits per heavy atom. The largest absolute Gasteiger partial charge is 0.318 e. The lowest BCUT2D eigenvalue weighted by atomic mass is 10.2. The van der Waals surface area contributed by atoms with Crippen molar-refractivity contribution in [1.29, 1.82) is 0 Å². The van der Waals surface area contributed by atoms with Crippen LogP contribution in [0.25, 0.3) is 11.4 Å². The van der Waals surface area contributed by atoms with E-state index in [1.807, 2.05) is 30.5 Å². The first kappa shape index (κ1) is 18.7. The van der Waals surface area contributed by atoms with Crippen molar-refractivity contribution in [2.45, 2.75) is 13.8 Å². The van der Waals surface area contributed by atoms with Crippen LogP contribution >= 0.6 is 11.6 Å². The molecule has 0 atom stereocenters. The van der Waals surface area contributed by atoms with E-state index in [4.69, 9.17) is 11.6 Å². The van der Waals surface area contributed by atoms with Crippen molar-refractivity contribution in [2.24, 2.45) is 0 Å². The minimum Gasteiger partial charge on any atom is -0.318 e. The Hall–Kier alpha value is -3.05. The number of aryl methyl sites for hydroxylation is 1. The van der Waals surface area contributed by atoms with E-state index in [-0.39, 0.29) is 11.7 Å². The highest BCUT2D eigenvalue weighted by atomic mass is 35.5. The molecule has 138 valence electrons. The second-order valence-electron chi connectivity index (χ2n) is 6.16. The van der Waals surface area contributed by atoms with Gasteiger partial charge in [-0.2, -0.15) is 0 Å². The van der Waals surface area contributed by atoms with Crippen molar-refractivity contribution in [2.75, 3.05) is 0 Å². The number of amides is 1. The normalized spacial score (nSPS) is 10.5. The summed E-state index contributed by atoms with van der Waals surface area (Å²) in [4.78, 5) is 12.6. The summed E-state index contributed by atoms with van der Waals surface area (Å²) in [6.07, 6.45) is 0. The second kappa shape index (κ2) is 7.68. The number of carbonyl (C=O) groups excluding carboxylic acids is 1. The topological polar surface area (TPSA) is 46.1 Å². The van der Waals surface area contributed by atoms with E-state index >= 15 is 0 Å². The molecule has 0 aliphatic heterocycles. The predicted octanol–water partition coefficient (Wildman–Crippen LogP) is 4.79. The van der Waals surface area contributed by atoms with Crippen LogP contribution in [-0.4, -0.2) is 10.5 Å². The highest BCUT2D eigenvalue weighted by Crippen LogP contribution is 2.21. The lowest BCUT2D eigenvalue weighted by Gasteiger charge is -2.12. The molecule has 0 saturated carbocycles. The number of hydrogen-bond donors (Lipinski definition) is 2. The summed E-state index contributed by atoms with van der Waals surface area (Å²) in [6, 6.07) is 15.1. The molecule has 2 aromatic carbocycles. The van der Waals surface area contributed by atoms with Gasteiger partial charge in [-0.3, -0.25) is 15.6 Å². The number of benzene rings is 2. The zero-order chi connectivity index (χ0) is 19.6. The van der Waals surface area contributed by atoms with Crippen molar-refractivity contribution < 1.29 is 9.18 Å². The molecule has 6 heteroatoms. The van der Waals surface area contributed by atoms with E-state index in [9.17, 15) is 9.18 Å². The fraction of sp³-hybridized carbons (Fsp3) is 0.0952. The van der Waals surface area contributed by atoms with E-state index < -0.39 is 0 Å². The molecule has 27 heavy (non-hydrogen) atoms. The Kier molecular flexibility index (Phi) is 5.33. The SMILES string of the molecule is C=C(NNC(=O)c1cc(C)n(-c2ccc(F)cc2)c1C)c1ccc(Cl)cc1. The minimum atomic E-state index is -0.302. The Bertz CT molecular complexity index is 992. The summed E-state index contributed by atoms with van der Waals surface area (Å²) in [5.41, 5.74) is 9.80. The maximum absolute atomic E-state index is 13.2. The molecule has 0 saturated heterocycles. The first-order valence-electron chi connectivity index (χ1n) is 8.33. The van der Waals surface area contributed by atoms with Crippen LogP contribution in [-0.2, 0) is 0 Å². The first-order chi connectivity index (χ1) is 12.9. The minimum absolute atomic E-state index is 0.286. The molecule has 1 heterocycles. The van der Waals surface area contributed by atoms with Crippen molar-refractivity contribution in [3.63, 3.8) is 0 Å². The summed E-state index contributed by atoms with van der Waals surface area (Å²) >= 11 is 5.87. The summed E-state index contributed by atoms with van der Waals surface area (Å²) in [7, 11) is 0. The van der Waals surface area contributed by atoms with Gasteiger partial charge in [0.25, 0.3) is 5.91 Å². The maximum Gasteiger partial charge on any atom is 0.271 e. The van der Waals surface area contributed by atoms with Gasteiger partial charge in [0.1, 0.15) is 5.82 Å². The number of halogens is 2. The molecule has 1 amide bonds. The molecule has 0 bridgehead atoms. The lowest BCUT2D eigenvalue weighted by molar-refractivity contribution is 0.0942. The van der Waals surface area contributed by atoms with Crippen LogP contribution in [0.2, 0.25) is 5.02 Å². The van der Waals surface area contributed by atoms with Crippen LogP contribution in [0.1, 0.15) is 27.3 Å². The van der Waals surface area contributed by atoms with Crippen LogP contribution in [0.4, 0.5) is 4.39 Å². The average molecular weight is 384 g/mol. The number of nitrogens with one attached hydrogen (secondary N) is 2. The van der Waals surface area contributed by atoms with Gasteiger partial charge < -0.3 is 4.57 Å². The quantitative estimate of drug-likeness (QED) is 0.622. The zero-order valence-electron chi connectivity index (χ0n) is 15.0. The number of nitrogens with zero attached hydrogens (tertiary/aromatic N) is 1. The number of hydrazine groups is 1. The third-order valence-corrected chi connectivity index (χ3v) is 4.53. The van der Waals surface area contributed by atoms with Gasteiger partial charge in [0.15, 0.2) is 0 Å². The molecular weight excluding hydrogens is 365 g/mol. The fourth-order valence-electron chi connectivity index (χ4n) is 2.90. The van der Waals surface area contributed by atoms with Gasteiger partial charge >= 0.3 is 0 Å². The van der Waals surface area contributed by atoms with Gasteiger partial charge in [0.2, 0.25) is 0 Å². The number of rotatable bonds is 5. The van der Waals surface area contributed by atoms with Gasteiger partial charge in [-0.05, 0) is 61.9 Å². The van der Waals surface area contributed by atoms with Gasteiger partial charge in [-0.1, -0.05) is 30.3 Å². The summed E-state index contributed by atoms with van der Waals surface area (Å²) in [5, 5.41) is 0.629. The van der Waals surface area contributed by atoms with Gasteiger partial charge in [-0.25, -0.2) is 4.39 Å². The van der Waals surface area contributed by atoms with Gasteiger partial charge in [0.05, 0.1) is 11.3 Å². The van der Waals surface area contributed by atoms with Crippen molar-refractivity contribution >= 4 is 23.2 Å². The molecule has 4 nitrogen and oxygen atoms in total. The average Bonchev–Trinajstić information content (AvgIpc) is 2.95. The number of carbonyl (C=O) groups is 1. The Labute approximate surface area is 162 Å². The van der Waals surface area contributed by atoms with Crippen LogP contribution in [0.5, 0.6) is 0 Å². The van der Waals surface area contributed by atoms with Crippen LogP contribution in [0, 0.1) is 19.7 Å². The third-order valence-electron chi connectivity index (χ3n) is 4.28. The highest BCUT2D eigenvalue weighted by molar-refractivity contribution is 6.30. The number of aromatic nitrogens is 1. The van der Waals surface area contributed by atoms with Crippen LogP contribution in [0.3, 0.4) is 0 Å². The standard InChI is InChI=1S/C21H19ClFN3O/c1-13-12-20(15(3)26(13)19-10-8-18(23)9-11-19)21(27)25-24-14(2)16-4-6-17(22)7-5-16/h4-12,24H,2H2,1,3H3,(H,25,27). The monoisotopic (exact) mass is 383 g/mol. The zero-order valence-corrected chi connectivity index (χ0v) is 15.8. The third kappa shape index (κ3) is 4.04. The summed E-state index contributed by atoms with van der Waals surface area (Å²) in [5.74, 6) is -0.587. The summed E-state index contributed by atoms with van der Waals surface area (Å²) < 4.78 is 15.1. The van der Waals surface area contributed by atoms with Gasteiger partial charge in [0, 0.05) is 22.1 Å². The molecule has 0 fully saturated rings. The Morgan fingerprint density at radius 1 is 1.04 bits per heavy atom. The molecule has 1 aromatic heterocycles. The van der Waals surface area contributed by atoms with E-state index in [0.717, 1.165) is 22.6 Å². The molecule has 0 radical (unpaired) electrons. The Morgan fingerprint density at radius 2 is 1.67 bits per heavy atom. The van der Waals surface area contributed by atoms with Crippen LogP contribution in [0.15, 0.2) is 61.2 Å². The molecule has 3 aromatic rings. The maximum atomic E-state index is 13.2. The molecule has 0 aliphatic carbocycles. The molecule has 0 aliphatic rings. The molecular formula is C21H19ClFN3O. The highest BCUT2D eigenvalue weighted by Gasteiger charge is 2.16. The van der Waals surface area contributed by atoms with Crippen molar-refractivity contribution in [3.8, 4) is 5.69 Å². The predicted molar refractivity (Wildman–Crippen MR) is 106 cm³/mol. The first-order valence-corrected chi connectivity index (χ1v) is 8.70. The fourth-order valence-corrected chi connectivity index (χ4v) is 3.03. The molecule has 3 rings (SSSR count). The Balaban J connectivity index is 1.75. The van der Waals surface area contributed by atoms with E-state index in [1.165, 1.54) is 12.1 Å². The van der Waals surface area contributed by atoms with Crippen molar-refractivity contribution in [1.82, 2.24) is 15.4 Å². The second-order valence-corrected chi connectivity index (χ2v) is 6.60. The molecule has 0 spiro atoms. The number of hydrogen-bond acceptors (Lipinski definition) is 2. The van der Waals surface area contributed by atoms with E-state index in [0.29, 0.717) is 16.3 Å². The van der Waals surface area contributed by atoms with Crippen LogP contribution < -0.4 is 10.9 Å². The lowest BCUT2D eigenvalue weighted by Crippen LogP contribution is -2.36. The molecule has 2 N–H and O–H groups in total. The van der Waals surface area contributed by atoms with E-state index in [1.54, 1.807) is 30.3 Å². The van der Waals surface area contributed by atoms with Gasteiger partial charge in [-0.15, -0.1) is 0 Å². The summed E-state index contributed by atoms with van der Waals surface area (Å²) in [6.45, 7) is 7.65. The van der Waals surface area contributed by atoms with E-state index in [2.05, 4.69) is 17.4 Å². The molecule has 0 unspecified atom stereocenters. The van der Waals surface area contributed by atoms with Crippen molar-refractivity contribution in [3.05, 3.63) is 94.5 Å². The smallest absolute Gasteiger partial charge is 0.271 e.